The van der Waals surface area contributed by atoms with Crippen LogP contribution in [0.25, 0.3) is 43.7 Å². The first-order valence-electron chi connectivity index (χ1n) is 13.6. The first-order valence-corrected chi connectivity index (χ1v) is 13.6. The molecule has 1 N–H and O–H groups in total. The fraction of sp³-hybridized carbons (Fsp3) is 0.0811. The second kappa shape index (κ2) is 8.09. The van der Waals surface area contributed by atoms with Crippen molar-refractivity contribution in [2.75, 3.05) is 4.90 Å². The summed E-state index contributed by atoms with van der Waals surface area (Å²) in [6, 6.07) is 46.5. The number of fused-ring (bicyclic) bond motifs is 7. The summed E-state index contributed by atoms with van der Waals surface area (Å²) >= 11 is 0. The third-order valence-corrected chi connectivity index (χ3v) is 8.57. The molecular formula is C37H28N2. The molecule has 0 bridgehead atoms. The lowest BCUT2D eigenvalue weighted by Gasteiger charge is -2.42. The van der Waals surface area contributed by atoms with Crippen LogP contribution in [0.1, 0.15) is 25.0 Å². The van der Waals surface area contributed by atoms with E-state index in [1.165, 1.54) is 71.9 Å². The molecule has 0 fully saturated rings. The van der Waals surface area contributed by atoms with Crippen molar-refractivity contribution in [3.05, 3.63) is 139 Å². The molecule has 0 atom stereocenters. The van der Waals surface area contributed by atoms with Gasteiger partial charge in [-0.25, -0.2) is 0 Å². The van der Waals surface area contributed by atoms with E-state index < -0.39 is 0 Å². The molecule has 1 aliphatic rings. The van der Waals surface area contributed by atoms with Gasteiger partial charge in [-0.2, -0.15) is 0 Å². The van der Waals surface area contributed by atoms with Gasteiger partial charge in [-0.15, -0.1) is 0 Å². The lowest BCUT2D eigenvalue weighted by atomic mass is 9.73. The molecule has 186 valence electrons. The van der Waals surface area contributed by atoms with Crippen LogP contribution in [0.2, 0.25) is 0 Å². The number of benzene rings is 6. The number of anilines is 3. The van der Waals surface area contributed by atoms with E-state index in [9.17, 15) is 0 Å². The van der Waals surface area contributed by atoms with Crippen LogP contribution >= 0.6 is 0 Å². The Balaban J connectivity index is 1.33. The van der Waals surface area contributed by atoms with Crippen molar-refractivity contribution in [2.24, 2.45) is 0 Å². The first kappa shape index (κ1) is 22.2. The maximum Gasteiger partial charge on any atom is 0.0508 e. The van der Waals surface area contributed by atoms with Gasteiger partial charge in [0.2, 0.25) is 0 Å². The van der Waals surface area contributed by atoms with Crippen LogP contribution in [-0.2, 0) is 5.41 Å². The molecule has 2 heteroatoms. The van der Waals surface area contributed by atoms with Crippen LogP contribution in [0.15, 0.2) is 127 Å². The summed E-state index contributed by atoms with van der Waals surface area (Å²) in [5, 5.41) is 5.13. The Labute approximate surface area is 228 Å². The van der Waals surface area contributed by atoms with Gasteiger partial charge in [-0.3, -0.25) is 0 Å². The monoisotopic (exact) mass is 500 g/mol. The molecule has 0 spiro atoms. The van der Waals surface area contributed by atoms with E-state index in [-0.39, 0.29) is 5.41 Å². The first-order chi connectivity index (χ1) is 19.1. The van der Waals surface area contributed by atoms with E-state index in [4.69, 9.17) is 0 Å². The highest BCUT2D eigenvalue weighted by atomic mass is 15.2. The maximum atomic E-state index is 3.69. The number of para-hydroxylation sites is 2. The van der Waals surface area contributed by atoms with Crippen molar-refractivity contribution in [3.8, 4) is 11.1 Å². The lowest BCUT2D eigenvalue weighted by Crippen LogP contribution is -2.30. The highest BCUT2D eigenvalue weighted by Crippen LogP contribution is 2.52. The minimum absolute atomic E-state index is 0.0993. The molecule has 39 heavy (non-hydrogen) atoms. The Morgan fingerprint density at radius 1 is 0.538 bits per heavy atom. The van der Waals surface area contributed by atoms with Crippen molar-refractivity contribution < 1.29 is 0 Å². The van der Waals surface area contributed by atoms with Crippen molar-refractivity contribution in [3.63, 3.8) is 0 Å². The number of hydrogen-bond donors (Lipinski definition) is 1. The average molecular weight is 501 g/mol. The van der Waals surface area contributed by atoms with Gasteiger partial charge < -0.3 is 9.88 Å². The number of rotatable bonds is 2. The summed E-state index contributed by atoms with van der Waals surface area (Å²) in [4.78, 5) is 6.12. The maximum absolute atomic E-state index is 3.69. The van der Waals surface area contributed by atoms with Crippen molar-refractivity contribution in [2.45, 2.75) is 19.3 Å². The molecule has 0 saturated heterocycles. The summed E-state index contributed by atoms with van der Waals surface area (Å²) in [5.41, 5.74) is 11.0. The van der Waals surface area contributed by atoms with Gasteiger partial charge in [0.1, 0.15) is 0 Å². The zero-order valence-corrected chi connectivity index (χ0v) is 22.1. The summed E-state index contributed by atoms with van der Waals surface area (Å²) in [6.45, 7) is 4.68. The molecule has 1 aromatic heterocycles. The van der Waals surface area contributed by atoms with Crippen LogP contribution in [0.4, 0.5) is 17.1 Å². The SMILES string of the molecule is CC1(C)c2ccccc2N(c2ccccc2)c2cc(-c3ccc4c(c3)[nH]c3ccc5ccccc5c34)ccc21. The van der Waals surface area contributed by atoms with Gasteiger partial charge in [-0.05, 0) is 69.4 Å². The highest BCUT2D eigenvalue weighted by Gasteiger charge is 2.36. The predicted molar refractivity (Wildman–Crippen MR) is 166 cm³/mol. The third-order valence-electron chi connectivity index (χ3n) is 8.57. The van der Waals surface area contributed by atoms with E-state index in [1.54, 1.807) is 0 Å². The van der Waals surface area contributed by atoms with Gasteiger partial charge in [0.25, 0.3) is 0 Å². The Hall–Kier alpha value is -4.82. The predicted octanol–water partition coefficient (Wildman–Crippen LogP) is 10.3. The van der Waals surface area contributed by atoms with Crippen molar-refractivity contribution in [1.82, 2.24) is 4.98 Å². The van der Waals surface area contributed by atoms with E-state index in [0.29, 0.717) is 0 Å². The normalized spacial score (nSPS) is 14.1. The minimum Gasteiger partial charge on any atom is -0.354 e. The molecular weight excluding hydrogens is 472 g/mol. The molecule has 0 unspecified atom stereocenters. The number of hydrogen-bond acceptors (Lipinski definition) is 1. The van der Waals surface area contributed by atoms with Crippen LogP contribution in [0.5, 0.6) is 0 Å². The number of aromatic amines is 1. The van der Waals surface area contributed by atoms with Gasteiger partial charge in [0.05, 0.1) is 11.4 Å². The second-order valence-electron chi connectivity index (χ2n) is 11.1. The van der Waals surface area contributed by atoms with Gasteiger partial charge in [0.15, 0.2) is 0 Å². The number of nitrogens with zero attached hydrogens (tertiary/aromatic N) is 1. The molecule has 1 aliphatic heterocycles. The topological polar surface area (TPSA) is 19.0 Å². The van der Waals surface area contributed by atoms with Crippen LogP contribution in [0.3, 0.4) is 0 Å². The molecule has 0 amide bonds. The Kier molecular flexibility index (Phi) is 4.60. The molecule has 2 heterocycles. The smallest absolute Gasteiger partial charge is 0.0508 e. The Morgan fingerprint density at radius 3 is 2.15 bits per heavy atom. The second-order valence-corrected chi connectivity index (χ2v) is 11.1. The fourth-order valence-electron chi connectivity index (χ4n) is 6.61. The lowest BCUT2D eigenvalue weighted by molar-refractivity contribution is 0.632. The van der Waals surface area contributed by atoms with E-state index >= 15 is 0 Å². The summed E-state index contributed by atoms with van der Waals surface area (Å²) in [5.74, 6) is 0. The average Bonchev–Trinajstić information content (AvgIpc) is 3.36. The van der Waals surface area contributed by atoms with Crippen molar-refractivity contribution >= 4 is 49.6 Å². The van der Waals surface area contributed by atoms with Gasteiger partial charge >= 0.3 is 0 Å². The molecule has 6 aromatic carbocycles. The Bertz CT molecular complexity index is 2050. The van der Waals surface area contributed by atoms with E-state index in [1.807, 2.05) is 0 Å². The molecule has 2 nitrogen and oxygen atoms in total. The minimum atomic E-state index is -0.0993. The summed E-state index contributed by atoms with van der Waals surface area (Å²) in [7, 11) is 0. The van der Waals surface area contributed by atoms with Gasteiger partial charge in [-0.1, -0.05) is 105 Å². The van der Waals surface area contributed by atoms with Crippen LogP contribution in [-0.4, -0.2) is 4.98 Å². The molecule has 0 aliphatic carbocycles. The third kappa shape index (κ3) is 3.21. The highest BCUT2D eigenvalue weighted by molar-refractivity contribution is 6.20. The molecule has 8 rings (SSSR count). The number of H-pyrrole nitrogens is 1. The number of aromatic nitrogens is 1. The van der Waals surface area contributed by atoms with Crippen LogP contribution in [0, 0.1) is 0 Å². The Morgan fingerprint density at radius 2 is 1.26 bits per heavy atom. The molecule has 0 saturated carbocycles. The van der Waals surface area contributed by atoms with E-state index in [0.717, 1.165) is 0 Å². The van der Waals surface area contributed by atoms with Gasteiger partial charge in [0, 0.05) is 32.9 Å². The largest absolute Gasteiger partial charge is 0.354 e. The summed E-state index contributed by atoms with van der Waals surface area (Å²) in [6.07, 6.45) is 0. The molecule has 0 radical (unpaired) electrons. The summed E-state index contributed by atoms with van der Waals surface area (Å²) < 4.78 is 0. The zero-order chi connectivity index (χ0) is 26.1. The standard InChI is InChI=1S/C37H28N2/c1-37(2)30-14-8-9-15-34(30)39(27-11-4-3-5-12-27)35-23-26(17-20-31(35)37)25-16-19-29-33(22-25)38-32-21-18-24-10-6-7-13-28(24)36(29)32/h3-23,38H,1-2H3. The van der Waals surface area contributed by atoms with Crippen molar-refractivity contribution in [1.29, 1.82) is 0 Å². The zero-order valence-electron chi connectivity index (χ0n) is 22.1. The molecule has 7 aromatic rings. The van der Waals surface area contributed by atoms with Crippen LogP contribution < -0.4 is 4.90 Å². The van der Waals surface area contributed by atoms with E-state index in [2.05, 4.69) is 151 Å². The number of nitrogens with one attached hydrogen (secondary N) is 1. The fourth-order valence-corrected chi connectivity index (χ4v) is 6.61. The quantitative estimate of drug-likeness (QED) is 0.250.